The predicted molar refractivity (Wildman–Crippen MR) is 81.0 cm³/mol. The van der Waals surface area contributed by atoms with Crippen molar-refractivity contribution in [2.75, 3.05) is 17.3 Å². The summed E-state index contributed by atoms with van der Waals surface area (Å²) in [5.74, 6) is 7.19. The van der Waals surface area contributed by atoms with E-state index in [4.69, 9.17) is 10.6 Å². The monoisotopic (exact) mass is 291 g/mol. The van der Waals surface area contributed by atoms with E-state index in [0.717, 1.165) is 17.8 Å². The number of nitrogens with one attached hydrogen (secondary N) is 2. The van der Waals surface area contributed by atoms with E-state index in [-0.39, 0.29) is 0 Å². The highest BCUT2D eigenvalue weighted by Gasteiger charge is 2.09. The average molecular weight is 291 g/mol. The van der Waals surface area contributed by atoms with E-state index in [1.165, 1.54) is 0 Å². The average Bonchev–Trinajstić information content (AvgIpc) is 2.84. The maximum Gasteiger partial charge on any atom is 0.158 e. The van der Waals surface area contributed by atoms with Crippen molar-refractivity contribution in [3.63, 3.8) is 0 Å². The van der Waals surface area contributed by atoms with Crippen molar-refractivity contribution in [2.45, 2.75) is 26.9 Å². The molecular formula is C13H21N7O. The number of ether oxygens (including phenoxy) is 1. The highest BCUT2D eigenvalue weighted by atomic mass is 16.5. The van der Waals surface area contributed by atoms with Crippen molar-refractivity contribution in [3.05, 3.63) is 23.8 Å². The number of hydrogen-bond donors (Lipinski definition) is 3. The summed E-state index contributed by atoms with van der Waals surface area (Å²) in [6.45, 7) is 4.93. The lowest BCUT2D eigenvalue weighted by Gasteiger charge is -2.09. The SMILES string of the molecule is CCOCc1nc(NN)cc(Nc2cn(C)nc2CC)n1. The quantitative estimate of drug-likeness (QED) is 0.522. The van der Waals surface area contributed by atoms with Crippen LogP contribution in [0.25, 0.3) is 0 Å². The first-order valence-corrected chi connectivity index (χ1v) is 6.88. The molecule has 4 N–H and O–H groups in total. The van der Waals surface area contributed by atoms with E-state index in [2.05, 4.69) is 32.7 Å². The third-order valence-electron chi connectivity index (χ3n) is 2.86. The van der Waals surface area contributed by atoms with E-state index >= 15 is 0 Å². The second kappa shape index (κ2) is 7.00. The van der Waals surface area contributed by atoms with Gasteiger partial charge in [0, 0.05) is 25.9 Å². The molecule has 8 nitrogen and oxygen atoms in total. The normalized spacial score (nSPS) is 10.7. The highest BCUT2D eigenvalue weighted by Crippen LogP contribution is 2.20. The summed E-state index contributed by atoms with van der Waals surface area (Å²) in [5.41, 5.74) is 4.43. The molecule has 0 atom stereocenters. The molecule has 0 saturated carbocycles. The predicted octanol–water partition coefficient (Wildman–Crippen LogP) is 1.34. The van der Waals surface area contributed by atoms with E-state index < -0.39 is 0 Å². The molecule has 0 bridgehead atoms. The van der Waals surface area contributed by atoms with Crippen LogP contribution in [0.1, 0.15) is 25.4 Å². The first-order valence-electron chi connectivity index (χ1n) is 6.88. The Kier molecular flexibility index (Phi) is 5.07. The molecular weight excluding hydrogens is 270 g/mol. The van der Waals surface area contributed by atoms with E-state index in [0.29, 0.717) is 30.7 Å². The summed E-state index contributed by atoms with van der Waals surface area (Å²) in [4.78, 5) is 8.66. The first-order chi connectivity index (χ1) is 10.2. The number of nitrogens with zero attached hydrogens (tertiary/aromatic N) is 4. The number of hydrazine groups is 1. The van der Waals surface area contributed by atoms with Crippen molar-refractivity contribution >= 4 is 17.3 Å². The fourth-order valence-corrected chi connectivity index (χ4v) is 1.93. The largest absolute Gasteiger partial charge is 0.374 e. The topological polar surface area (TPSA) is 103 Å². The van der Waals surface area contributed by atoms with Gasteiger partial charge >= 0.3 is 0 Å². The lowest BCUT2D eigenvalue weighted by atomic mass is 10.3. The number of hydrogen-bond acceptors (Lipinski definition) is 7. The van der Waals surface area contributed by atoms with Crippen molar-refractivity contribution in [1.29, 1.82) is 0 Å². The van der Waals surface area contributed by atoms with Gasteiger partial charge in [-0.3, -0.25) is 4.68 Å². The van der Waals surface area contributed by atoms with Gasteiger partial charge in [0.1, 0.15) is 18.2 Å². The van der Waals surface area contributed by atoms with Crippen LogP contribution in [0.5, 0.6) is 0 Å². The zero-order valence-electron chi connectivity index (χ0n) is 12.6. The molecule has 8 heteroatoms. The molecule has 2 heterocycles. The number of rotatable bonds is 7. The van der Waals surface area contributed by atoms with Crippen LogP contribution in [0.2, 0.25) is 0 Å². The molecule has 21 heavy (non-hydrogen) atoms. The molecule has 0 saturated heterocycles. The molecule has 114 valence electrons. The molecule has 0 radical (unpaired) electrons. The Labute approximate surface area is 123 Å². The van der Waals surface area contributed by atoms with Crippen LogP contribution in [-0.4, -0.2) is 26.4 Å². The van der Waals surface area contributed by atoms with Gasteiger partial charge in [0.05, 0.1) is 11.4 Å². The Morgan fingerprint density at radius 2 is 2.05 bits per heavy atom. The summed E-state index contributed by atoms with van der Waals surface area (Å²) in [6, 6.07) is 1.74. The molecule has 0 spiro atoms. The Hall–Kier alpha value is -2.19. The van der Waals surface area contributed by atoms with Gasteiger partial charge < -0.3 is 15.5 Å². The molecule has 0 aromatic carbocycles. The number of anilines is 3. The Morgan fingerprint density at radius 3 is 2.71 bits per heavy atom. The van der Waals surface area contributed by atoms with Gasteiger partial charge in [-0.15, -0.1) is 0 Å². The third-order valence-corrected chi connectivity index (χ3v) is 2.86. The van der Waals surface area contributed by atoms with Crippen molar-refractivity contribution in [2.24, 2.45) is 12.9 Å². The lowest BCUT2D eigenvalue weighted by Crippen LogP contribution is -2.12. The van der Waals surface area contributed by atoms with E-state index in [1.54, 1.807) is 10.7 Å². The molecule has 0 aliphatic heterocycles. The number of nitrogen functional groups attached to an aromatic ring is 1. The van der Waals surface area contributed by atoms with Gasteiger partial charge in [0.2, 0.25) is 0 Å². The van der Waals surface area contributed by atoms with Crippen LogP contribution in [0, 0.1) is 0 Å². The summed E-state index contributed by atoms with van der Waals surface area (Å²) < 4.78 is 7.10. The second-order valence-corrected chi connectivity index (χ2v) is 4.48. The maximum atomic E-state index is 5.44. The minimum absolute atomic E-state index is 0.342. The van der Waals surface area contributed by atoms with Crippen molar-refractivity contribution < 1.29 is 4.74 Å². The molecule has 0 fully saturated rings. The van der Waals surface area contributed by atoms with Gasteiger partial charge in [0.15, 0.2) is 5.82 Å². The maximum absolute atomic E-state index is 5.44. The minimum atomic E-state index is 0.342. The van der Waals surface area contributed by atoms with Crippen molar-refractivity contribution in [1.82, 2.24) is 19.7 Å². The van der Waals surface area contributed by atoms with Gasteiger partial charge in [-0.1, -0.05) is 6.92 Å². The van der Waals surface area contributed by atoms with Crippen LogP contribution >= 0.6 is 0 Å². The van der Waals surface area contributed by atoms with Crippen LogP contribution in [0.3, 0.4) is 0 Å². The fourth-order valence-electron chi connectivity index (χ4n) is 1.93. The zero-order valence-corrected chi connectivity index (χ0v) is 12.6. The second-order valence-electron chi connectivity index (χ2n) is 4.48. The van der Waals surface area contributed by atoms with Gasteiger partial charge in [-0.05, 0) is 13.3 Å². The molecule has 0 unspecified atom stereocenters. The lowest BCUT2D eigenvalue weighted by molar-refractivity contribution is 0.128. The van der Waals surface area contributed by atoms with Crippen LogP contribution in [0.4, 0.5) is 17.3 Å². The van der Waals surface area contributed by atoms with Gasteiger partial charge in [0.25, 0.3) is 0 Å². The molecule has 2 aromatic rings. The molecule has 0 amide bonds. The van der Waals surface area contributed by atoms with Crippen LogP contribution < -0.4 is 16.6 Å². The summed E-state index contributed by atoms with van der Waals surface area (Å²) in [7, 11) is 1.89. The first kappa shape index (κ1) is 15.2. The molecule has 2 aromatic heterocycles. The number of nitrogens with two attached hydrogens (primary N) is 1. The smallest absolute Gasteiger partial charge is 0.158 e. The number of aromatic nitrogens is 4. The van der Waals surface area contributed by atoms with E-state index in [9.17, 15) is 0 Å². The van der Waals surface area contributed by atoms with Gasteiger partial charge in [-0.2, -0.15) is 5.10 Å². The van der Waals surface area contributed by atoms with E-state index in [1.807, 2.05) is 20.2 Å². The Bertz CT molecular complexity index is 596. The highest BCUT2D eigenvalue weighted by molar-refractivity contribution is 5.60. The van der Waals surface area contributed by atoms with Crippen molar-refractivity contribution in [3.8, 4) is 0 Å². The molecule has 0 aliphatic carbocycles. The standard InChI is InChI=1S/C13H21N7O/c1-4-9-10(7-20(3)19-9)15-11-6-12(18-14)17-13(16-11)8-21-5-2/h6-7H,4-5,8,14H2,1-3H3,(H2,15,16,17,18). The fraction of sp³-hybridized carbons (Fsp3) is 0.462. The number of aryl methyl sites for hydroxylation is 2. The van der Waals surface area contributed by atoms with Gasteiger partial charge in [-0.25, -0.2) is 15.8 Å². The van der Waals surface area contributed by atoms with Crippen LogP contribution in [0.15, 0.2) is 12.3 Å². The Balaban J connectivity index is 2.25. The summed E-state index contributed by atoms with van der Waals surface area (Å²) >= 11 is 0. The summed E-state index contributed by atoms with van der Waals surface area (Å²) in [5, 5.41) is 7.64. The third kappa shape index (κ3) is 3.89. The van der Waals surface area contributed by atoms with Crippen LogP contribution in [-0.2, 0) is 24.8 Å². The summed E-state index contributed by atoms with van der Waals surface area (Å²) in [6.07, 6.45) is 2.75. The molecule has 0 aliphatic rings. The Morgan fingerprint density at radius 1 is 1.29 bits per heavy atom. The zero-order chi connectivity index (χ0) is 15.2. The minimum Gasteiger partial charge on any atom is -0.374 e. The molecule has 2 rings (SSSR count).